The van der Waals surface area contributed by atoms with Gasteiger partial charge in [0.2, 0.25) is 5.91 Å². The number of hydrogen-bond donors (Lipinski definition) is 3. The second-order valence-electron chi connectivity index (χ2n) is 9.21. The molecule has 0 unspecified atom stereocenters. The number of nitrogens with zero attached hydrogens (tertiary/aromatic N) is 4. The highest BCUT2D eigenvalue weighted by molar-refractivity contribution is 5.98. The number of benzene rings is 2. The molecule has 6 rings (SSSR count). The third kappa shape index (κ3) is 4.15. The number of pyridine rings is 2. The average molecular weight is 510 g/mol. The Kier molecular flexibility index (Phi) is 5.64. The molecule has 0 aliphatic carbocycles. The van der Waals surface area contributed by atoms with Crippen LogP contribution in [0.2, 0.25) is 0 Å². The van der Waals surface area contributed by atoms with Crippen LogP contribution < -0.4 is 5.32 Å². The number of fused-ring (bicyclic) bond motifs is 2. The van der Waals surface area contributed by atoms with Gasteiger partial charge in [0.1, 0.15) is 22.8 Å². The summed E-state index contributed by atoms with van der Waals surface area (Å²) in [5.41, 5.74) is 4.64. The molecule has 8 nitrogen and oxygen atoms in total. The van der Waals surface area contributed by atoms with Crippen LogP contribution in [0.1, 0.15) is 13.8 Å². The van der Waals surface area contributed by atoms with Gasteiger partial charge in [-0.2, -0.15) is 5.10 Å². The third-order valence-electron chi connectivity index (χ3n) is 6.21. The van der Waals surface area contributed by atoms with Crippen LogP contribution >= 0.6 is 0 Å². The van der Waals surface area contributed by atoms with Crippen molar-refractivity contribution < 1.29 is 13.6 Å². The highest BCUT2D eigenvalue weighted by atomic mass is 19.1. The summed E-state index contributed by atoms with van der Waals surface area (Å²) in [6.07, 6.45) is 4.67. The van der Waals surface area contributed by atoms with Crippen molar-refractivity contribution in [1.29, 1.82) is 0 Å². The lowest BCUT2D eigenvalue weighted by atomic mass is 10.0. The van der Waals surface area contributed by atoms with Crippen molar-refractivity contribution in [3.8, 4) is 33.9 Å². The third-order valence-corrected chi connectivity index (χ3v) is 6.21. The smallest absolute Gasteiger partial charge is 0.226 e. The molecular formula is C28H21F2N7O. The molecule has 38 heavy (non-hydrogen) atoms. The van der Waals surface area contributed by atoms with Gasteiger partial charge in [-0.15, -0.1) is 0 Å². The van der Waals surface area contributed by atoms with E-state index in [1.807, 2.05) is 0 Å². The summed E-state index contributed by atoms with van der Waals surface area (Å²) in [6, 6.07) is 12.7. The van der Waals surface area contributed by atoms with Gasteiger partial charge in [-0.05, 0) is 30.3 Å². The number of rotatable bonds is 5. The fourth-order valence-corrected chi connectivity index (χ4v) is 4.28. The zero-order valence-corrected chi connectivity index (χ0v) is 20.4. The Morgan fingerprint density at radius 1 is 0.974 bits per heavy atom. The molecule has 10 heteroatoms. The van der Waals surface area contributed by atoms with Crippen molar-refractivity contribution in [2.45, 2.75) is 13.8 Å². The van der Waals surface area contributed by atoms with Crippen molar-refractivity contribution in [3.63, 3.8) is 0 Å². The van der Waals surface area contributed by atoms with Crippen LogP contribution in [0.25, 0.3) is 55.8 Å². The van der Waals surface area contributed by atoms with Crippen LogP contribution in [-0.2, 0) is 4.79 Å². The summed E-state index contributed by atoms with van der Waals surface area (Å²) in [5, 5.41) is 10.7. The predicted molar refractivity (Wildman–Crippen MR) is 141 cm³/mol. The van der Waals surface area contributed by atoms with E-state index in [4.69, 9.17) is 4.98 Å². The molecule has 0 aliphatic heterocycles. The average Bonchev–Trinajstić information content (AvgIpc) is 3.51. The summed E-state index contributed by atoms with van der Waals surface area (Å²) in [4.78, 5) is 28.7. The second kappa shape index (κ2) is 9.15. The Balaban J connectivity index is 1.44. The number of carbonyl (C=O) groups is 1. The lowest BCUT2D eigenvalue weighted by molar-refractivity contribution is -0.118. The molecule has 3 N–H and O–H groups in total. The Bertz CT molecular complexity index is 1840. The molecule has 0 spiro atoms. The van der Waals surface area contributed by atoms with Crippen LogP contribution in [-0.4, -0.2) is 36.0 Å². The topological polar surface area (TPSA) is 112 Å². The molecule has 0 bridgehead atoms. The van der Waals surface area contributed by atoms with Gasteiger partial charge in [0.05, 0.1) is 28.6 Å². The minimum absolute atomic E-state index is 0.158. The van der Waals surface area contributed by atoms with E-state index >= 15 is 4.39 Å². The number of hydrogen-bond acceptors (Lipinski definition) is 5. The lowest BCUT2D eigenvalue weighted by Crippen LogP contribution is -2.17. The Morgan fingerprint density at radius 3 is 2.66 bits per heavy atom. The number of nitrogens with one attached hydrogen (secondary N) is 3. The molecule has 4 aromatic heterocycles. The number of anilines is 1. The molecule has 0 saturated heterocycles. The first kappa shape index (κ1) is 23.4. The summed E-state index contributed by atoms with van der Waals surface area (Å²) in [7, 11) is 0. The van der Waals surface area contributed by atoms with Gasteiger partial charge < -0.3 is 10.3 Å². The van der Waals surface area contributed by atoms with E-state index in [1.165, 1.54) is 30.6 Å². The zero-order valence-electron chi connectivity index (χ0n) is 20.4. The summed E-state index contributed by atoms with van der Waals surface area (Å²) < 4.78 is 29.0. The van der Waals surface area contributed by atoms with Crippen molar-refractivity contribution in [3.05, 3.63) is 78.8 Å². The Labute approximate surface area is 215 Å². The molecule has 0 fully saturated rings. The van der Waals surface area contributed by atoms with Gasteiger partial charge in [0, 0.05) is 46.5 Å². The zero-order chi connectivity index (χ0) is 26.4. The SMILES string of the molecule is CC(C)C(=O)Nc1cncc(-c2cc3c(-c4nc5c(-c6cccc(F)c6)nccc5[nH]4)n[nH]c3cc2F)c1. The summed E-state index contributed by atoms with van der Waals surface area (Å²) in [5.74, 6) is -0.753. The standard InChI is InChI=1S/C28H21F2N7O/c1-14(2)28(38)33-18-9-16(12-31-13-18)19-10-20-23(11-21(19)30)36-37-25(20)27-34-22-6-7-32-24(26(22)35-27)15-4-3-5-17(29)8-15/h3-14H,1-2H3,(H,33,38)(H,34,35)(H,36,37). The number of amides is 1. The van der Waals surface area contributed by atoms with Gasteiger partial charge in [-0.3, -0.25) is 19.9 Å². The van der Waals surface area contributed by atoms with E-state index < -0.39 is 5.82 Å². The predicted octanol–water partition coefficient (Wildman–Crippen LogP) is 6.10. The van der Waals surface area contributed by atoms with E-state index in [-0.39, 0.29) is 17.6 Å². The molecule has 188 valence electrons. The van der Waals surface area contributed by atoms with E-state index in [1.54, 1.807) is 50.4 Å². The highest BCUT2D eigenvalue weighted by Crippen LogP contribution is 2.34. The molecule has 4 heterocycles. The van der Waals surface area contributed by atoms with Gasteiger partial charge in [-0.25, -0.2) is 13.8 Å². The largest absolute Gasteiger partial charge is 0.336 e. The van der Waals surface area contributed by atoms with Crippen LogP contribution in [0.4, 0.5) is 14.5 Å². The van der Waals surface area contributed by atoms with E-state index in [0.29, 0.717) is 61.5 Å². The Morgan fingerprint density at radius 2 is 1.84 bits per heavy atom. The van der Waals surface area contributed by atoms with Crippen LogP contribution in [0.3, 0.4) is 0 Å². The highest BCUT2D eigenvalue weighted by Gasteiger charge is 2.19. The molecule has 0 atom stereocenters. The van der Waals surface area contributed by atoms with Crippen molar-refractivity contribution >= 4 is 33.5 Å². The van der Waals surface area contributed by atoms with Crippen molar-refractivity contribution in [1.82, 2.24) is 30.1 Å². The van der Waals surface area contributed by atoms with E-state index in [2.05, 4.69) is 30.5 Å². The number of aromatic nitrogens is 6. The fraction of sp³-hybridized carbons (Fsp3) is 0.107. The molecular weight excluding hydrogens is 488 g/mol. The number of aromatic amines is 2. The van der Waals surface area contributed by atoms with Crippen LogP contribution in [0.5, 0.6) is 0 Å². The quantitative estimate of drug-likeness (QED) is 0.260. The maximum Gasteiger partial charge on any atom is 0.226 e. The first-order chi connectivity index (χ1) is 18.4. The molecule has 0 saturated carbocycles. The Hall–Kier alpha value is -4.99. The van der Waals surface area contributed by atoms with E-state index in [9.17, 15) is 9.18 Å². The number of halogens is 2. The van der Waals surface area contributed by atoms with Crippen molar-refractivity contribution in [2.75, 3.05) is 5.32 Å². The maximum absolute atomic E-state index is 15.2. The van der Waals surface area contributed by atoms with Gasteiger partial charge in [-0.1, -0.05) is 26.0 Å². The van der Waals surface area contributed by atoms with Crippen LogP contribution in [0.15, 0.2) is 67.1 Å². The fourth-order valence-electron chi connectivity index (χ4n) is 4.28. The second-order valence-corrected chi connectivity index (χ2v) is 9.21. The summed E-state index contributed by atoms with van der Waals surface area (Å²) >= 11 is 0. The lowest BCUT2D eigenvalue weighted by Gasteiger charge is -2.09. The van der Waals surface area contributed by atoms with Gasteiger partial charge in [0.15, 0.2) is 5.82 Å². The molecule has 6 aromatic rings. The number of H-pyrrole nitrogens is 2. The minimum atomic E-state index is -0.468. The van der Waals surface area contributed by atoms with Crippen molar-refractivity contribution in [2.24, 2.45) is 5.92 Å². The first-order valence-electron chi connectivity index (χ1n) is 11.9. The summed E-state index contributed by atoms with van der Waals surface area (Å²) in [6.45, 7) is 3.58. The minimum Gasteiger partial charge on any atom is -0.336 e. The molecule has 1 amide bonds. The van der Waals surface area contributed by atoms with Gasteiger partial charge in [0.25, 0.3) is 0 Å². The normalized spacial score (nSPS) is 11.5. The first-order valence-corrected chi connectivity index (χ1v) is 11.9. The molecule has 2 aromatic carbocycles. The number of imidazole rings is 1. The number of carbonyl (C=O) groups excluding carboxylic acids is 1. The molecule has 0 aliphatic rings. The van der Waals surface area contributed by atoms with E-state index in [0.717, 1.165) is 0 Å². The monoisotopic (exact) mass is 509 g/mol. The van der Waals surface area contributed by atoms with Crippen LogP contribution in [0, 0.1) is 17.6 Å². The molecule has 0 radical (unpaired) electrons. The van der Waals surface area contributed by atoms with Gasteiger partial charge >= 0.3 is 0 Å². The maximum atomic E-state index is 15.2.